The van der Waals surface area contributed by atoms with E-state index in [1.54, 1.807) is 6.26 Å². The van der Waals surface area contributed by atoms with Gasteiger partial charge in [0.2, 0.25) is 0 Å². The lowest BCUT2D eigenvalue weighted by molar-refractivity contribution is 0.495. The topological polar surface area (TPSA) is 33.9 Å². The summed E-state index contributed by atoms with van der Waals surface area (Å²) in [5, 5.41) is 0. The number of imidazole rings is 1. The maximum absolute atomic E-state index is 5.36. The van der Waals surface area contributed by atoms with Crippen LogP contribution in [0.4, 0.5) is 0 Å². The summed E-state index contributed by atoms with van der Waals surface area (Å²) in [4.78, 5) is 3.24. The number of aryl methyl sites for hydroxylation is 1. The van der Waals surface area contributed by atoms with Crippen molar-refractivity contribution in [1.82, 2.24) is 9.55 Å². The van der Waals surface area contributed by atoms with Crippen LogP contribution in [-0.4, -0.2) is 9.55 Å². The van der Waals surface area contributed by atoms with Gasteiger partial charge in [-0.05, 0) is 42.9 Å². The Balaban J connectivity index is 2.19. The zero-order chi connectivity index (χ0) is 11.8. The summed E-state index contributed by atoms with van der Waals surface area (Å²) in [5.74, 6) is 0.906. The molecule has 3 nitrogen and oxygen atoms in total. The van der Waals surface area contributed by atoms with E-state index < -0.39 is 0 Å². The third kappa shape index (κ3) is 1.70. The second kappa shape index (κ2) is 3.89. The number of furan rings is 1. The largest absolute Gasteiger partial charge is 0.467 e. The maximum Gasteiger partial charge on any atom is 0.178 e. The molecule has 0 saturated carbocycles. The van der Waals surface area contributed by atoms with E-state index >= 15 is 0 Å². The lowest BCUT2D eigenvalue weighted by Crippen LogP contribution is -1.98. The summed E-state index contributed by atoms with van der Waals surface area (Å²) in [6.45, 7) is 2.74. The number of benzene rings is 1. The Morgan fingerprint density at radius 2 is 2.18 bits per heavy atom. The quantitative estimate of drug-likeness (QED) is 0.698. The zero-order valence-corrected chi connectivity index (χ0v) is 10.3. The van der Waals surface area contributed by atoms with Gasteiger partial charge in [0.25, 0.3) is 0 Å². The van der Waals surface area contributed by atoms with Crippen molar-refractivity contribution in [3.8, 4) is 0 Å². The van der Waals surface area contributed by atoms with Crippen molar-refractivity contribution in [2.75, 3.05) is 0 Å². The molecule has 1 aromatic carbocycles. The highest BCUT2D eigenvalue weighted by atomic mass is 32.1. The van der Waals surface area contributed by atoms with E-state index in [9.17, 15) is 0 Å². The number of fused-ring (bicyclic) bond motifs is 1. The third-order valence-corrected chi connectivity index (χ3v) is 3.24. The van der Waals surface area contributed by atoms with Crippen LogP contribution in [0.5, 0.6) is 0 Å². The van der Waals surface area contributed by atoms with Crippen LogP contribution >= 0.6 is 12.2 Å². The average Bonchev–Trinajstić information content (AvgIpc) is 2.91. The normalized spacial score (nSPS) is 11.1. The first-order valence-corrected chi connectivity index (χ1v) is 5.87. The van der Waals surface area contributed by atoms with E-state index in [0.29, 0.717) is 6.54 Å². The molecule has 4 heteroatoms. The monoisotopic (exact) mass is 244 g/mol. The summed E-state index contributed by atoms with van der Waals surface area (Å²) in [6, 6.07) is 10.0. The second-order valence-electron chi connectivity index (χ2n) is 4.06. The van der Waals surface area contributed by atoms with Crippen molar-refractivity contribution in [3.05, 3.63) is 52.7 Å². The number of hydrogen-bond donors (Lipinski definition) is 1. The van der Waals surface area contributed by atoms with Gasteiger partial charge in [0.1, 0.15) is 5.76 Å². The predicted octanol–water partition coefficient (Wildman–Crippen LogP) is 3.65. The van der Waals surface area contributed by atoms with Crippen molar-refractivity contribution in [3.63, 3.8) is 0 Å². The molecule has 0 aliphatic heterocycles. The van der Waals surface area contributed by atoms with Gasteiger partial charge >= 0.3 is 0 Å². The molecular weight excluding hydrogens is 232 g/mol. The first-order chi connectivity index (χ1) is 8.25. The molecule has 0 fully saturated rings. The summed E-state index contributed by atoms with van der Waals surface area (Å²) >= 11 is 5.35. The molecule has 2 aromatic heterocycles. The molecule has 0 bridgehead atoms. The Hall–Kier alpha value is -1.81. The summed E-state index contributed by atoms with van der Waals surface area (Å²) in [6.07, 6.45) is 1.68. The molecule has 0 aliphatic carbocycles. The minimum Gasteiger partial charge on any atom is -0.467 e. The number of aromatic nitrogens is 2. The average molecular weight is 244 g/mol. The van der Waals surface area contributed by atoms with Gasteiger partial charge in [-0.3, -0.25) is 0 Å². The number of para-hydroxylation sites is 1. The van der Waals surface area contributed by atoms with Crippen LogP contribution in [0.3, 0.4) is 0 Å². The van der Waals surface area contributed by atoms with Crippen LogP contribution < -0.4 is 0 Å². The fourth-order valence-corrected chi connectivity index (χ4v) is 2.30. The molecular formula is C13H12N2OS. The first kappa shape index (κ1) is 10.4. The summed E-state index contributed by atoms with van der Waals surface area (Å²) in [5.41, 5.74) is 3.42. The Kier molecular flexibility index (Phi) is 2.37. The first-order valence-electron chi connectivity index (χ1n) is 5.46. The fraction of sp³-hybridized carbons (Fsp3) is 0.154. The molecule has 0 amide bonds. The third-order valence-electron chi connectivity index (χ3n) is 2.91. The molecule has 0 unspecified atom stereocenters. The number of hydrogen-bond acceptors (Lipinski definition) is 2. The predicted molar refractivity (Wildman–Crippen MR) is 69.7 cm³/mol. The number of nitrogens with one attached hydrogen (secondary N) is 1. The lowest BCUT2D eigenvalue weighted by Gasteiger charge is -2.02. The van der Waals surface area contributed by atoms with E-state index in [0.717, 1.165) is 21.6 Å². The maximum atomic E-state index is 5.36. The molecule has 0 atom stereocenters. The van der Waals surface area contributed by atoms with Crippen LogP contribution in [0, 0.1) is 11.7 Å². The highest BCUT2D eigenvalue weighted by Gasteiger charge is 2.07. The number of rotatable bonds is 2. The number of nitrogens with zero attached hydrogens (tertiary/aromatic N) is 1. The molecule has 2 heterocycles. The summed E-state index contributed by atoms with van der Waals surface area (Å²) in [7, 11) is 0. The standard InChI is InChI=1S/C13H12N2OS/c1-9-4-2-6-11-12(9)14-13(17)15(11)8-10-5-3-7-16-10/h2-7H,8H2,1H3,(H,14,17). The van der Waals surface area contributed by atoms with E-state index in [4.69, 9.17) is 16.6 Å². The Labute approximate surface area is 104 Å². The van der Waals surface area contributed by atoms with Crippen molar-refractivity contribution < 1.29 is 4.42 Å². The van der Waals surface area contributed by atoms with Gasteiger partial charge in [-0.15, -0.1) is 0 Å². The van der Waals surface area contributed by atoms with Gasteiger partial charge in [0.15, 0.2) is 4.77 Å². The molecule has 0 radical (unpaired) electrons. The number of H-pyrrole nitrogens is 1. The summed E-state index contributed by atoms with van der Waals surface area (Å²) < 4.78 is 8.14. The van der Waals surface area contributed by atoms with Crippen LogP contribution in [0.1, 0.15) is 11.3 Å². The SMILES string of the molecule is Cc1cccc2c1[nH]c(=S)n2Cc1ccco1. The van der Waals surface area contributed by atoms with Gasteiger partial charge in [-0.1, -0.05) is 12.1 Å². The molecule has 17 heavy (non-hydrogen) atoms. The molecule has 0 spiro atoms. The Morgan fingerprint density at radius 1 is 1.29 bits per heavy atom. The Morgan fingerprint density at radius 3 is 2.94 bits per heavy atom. The highest BCUT2D eigenvalue weighted by molar-refractivity contribution is 7.71. The van der Waals surface area contributed by atoms with Gasteiger partial charge in [-0.2, -0.15) is 0 Å². The lowest BCUT2D eigenvalue weighted by atomic mass is 10.2. The molecule has 86 valence electrons. The van der Waals surface area contributed by atoms with E-state index in [1.165, 1.54) is 5.56 Å². The van der Waals surface area contributed by atoms with Crippen molar-refractivity contribution >= 4 is 23.3 Å². The van der Waals surface area contributed by atoms with Crippen LogP contribution in [-0.2, 0) is 6.54 Å². The van der Waals surface area contributed by atoms with Gasteiger partial charge in [0, 0.05) is 0 Å². The minimum absolute atomic E-state index is 0.662. The van der Waals surface area contributed by atoms with Gasteiger partial charge in [0.05, 0.1) is 23.8 Å². The number of aromatic amines is 1. The van der Waals surface area contributed by atoms with E-state index in [-0.39, 0.29) is 0 Å². The highest BCUT2D eigenvalue weighted by Crippen LogP contribution is 2.19. The molecule has 0 aliphatic rings. The molecule has 3 aromatic rings. The Bertz CT molecular complexity index is 707. The van der Waals surface area contributed by atoms with Crippen LogP contribution in [0.25, 0.3) is 11.0 Å². The molecule has 3 rings (SSSR count). The van der Waals surface area contributed by atoms with Crippen LogP contribution in [0.15, 0.2) is 41.0 Å². The van der Waals surface area contributed by atoms with E-state index in [1.807, 2.05) is 18.2 Å². The smallest absolute Gasteiger partial charge is 0.178 e. The van der Waals surface area contributed by atoms with Crippen molar-refractivity contribution in [1.29, 1.82) is 0 Å². The molecule has 1 N–H and O–H groups in total. The van der Waals surface area contributed by atoms with E-state index in [2.05, 4.69) is 28.6 Å². The van der Waals surface area contributed by atoms with Gasteiger partial charge in [-0.25, -0.2) is 0 Å². The minimum atomic E-state index is 0.662. The van der Waals surface area contributed by atoms with Crippen LogP contribution in [0.2, 0.25) is 0 Å². The van der Waals surface area contributed by atoms with Crippen molar-refractivity contribution in [2.45, 2.75) is 13.5 Å². The fourth-order valence-electron chi connectivity index (χ4n) is 2.04. The van der Waals surface area contributed by atoms with Gasteiger partial charge < -0.3 is 14.0 Å². The second-order valence-corrected chi connectivity index (χ2v) is 4.45. The zero-order valence-electron chi connectivity index (χ0n) is 9.43. The molecule has 0 saturated heterocycles. The van der Waals surface area contributed by atoms with Crippen molar-refractivity contribution in [2.24, 2.45) is 0 Å².